The second-order valence-electron chi connectivity index (χ2n) is 4.30. The molecule has 84 valence electrons. The minimum Gasteiger partial charge on any atom is -0.271 e. The fourth-order valence-electron chi connectivity index (χ4n) is 1.61. The molecule has 0 heterocycles. The van der Waals surface area contributed by atoms with Gasteiger partial charge in [-0.25, -0.2) is 4.39 Å². The number of hydrogen-bond acceptors (Lipinski definition) is 2. The van der Waals surface area contributed by atoms with Crippen molar-refractivity contribution in [2.45, 2.75) is 26.8 Å². The highest BCUT2D eigenvalue weighted by Gasteiger charge is 2.20. The van der Waals surface area contributed by atoms with Crippen LogP contribution >= 0.6 is 0 Å². The van der Waals surface area contributed by atoms with E-state index in [2.05, 4.69) is 26.2 Å². The molecule has 3 N–H and O–H groups in total. The van der Waals surface area contributed by atoms with Gasteiger partial charge >= 0.3 is 0 Å². The molecule has 3 heteroatoms. The Morgan fingerprint density at radius 1 is 1.13 bits per heavy atom. The monoisotopic (exact) mass is 210 g/mol. The van der Waals surface area contributed by atoms with Crippen molar-refractivity contribution in [2.75, 3.05) is 0 Å². The van der Waals surface area contributed by atoms with E-state index in [1.54, 1.807) is 12.1 Å². The standard InChI is InChI=1S/C12H19FN2/c1-8(2)9(3)12(15-14)10-4-6-11(13)7-5-10/h4-9,12,15H,14H2,1-3H3. The molecule has 0 aliphatic heterocycles. The van der Waals surface area contributed by atoms with Crippen LogP contribution in [0, 0.1) is 17.7 Å². The van der Waals surface area contributed by atoms with Crippen LogP contribution in [0.15, 0.2) is 24.3 Å². The van der Waals surface area contributed by atoms with E-state index < -0.39 is 0 Å². The topological polar surface area (TPSA) is 38.0 Å². The number of benzene rings is 1. The molecule has 0 spiro atoms. The SMILES string of the molecule is CC(C)C(C)C(NN)c1ccc(F)cc1. The van der Waals surface area contributed by atoms with Crippen molar-refractivity contribution < 1.29 is 4.39 Å². The number of hydrazine groups is 1. The van der Waals surface area contributed by atoms with E-state index in [4.69, 9.17) is 5.84 Å². The fourth-order valence-corrected chi connectivity index (χ4v) is 1.61. The summed E-state index contributed by atoms with van der Waals surface area (Å²) in [6.45, 7) is 6.44. The molecular weight excluding hydrogens is 191 g/mol. The molecule has 0 saturated carbocycles. The van der Waals surface area contributed by atoms with Gasteiger partial charge < -0.3 is 0 Å². The first-order chi connectivity index (χ1) is 7.06. The van der Waals surface area contributed by atoms with Crippen LogP contribution in [0.5, 0.6) is 0 Å². The lowest BCUT2D eigenvalue weighted by molar-refractivity contribution is 0.306. The summed E-state index contributed by atoms with van der Waals surface area (Å²) in [5, 5.41) is 0. The van der Waals surface area contributed by atoms with Crippen LogP contribution in [0.2, 0.25) is 0 Å². The Bertz CT molecular complexity index is 295. The van der Waals surface area contributed by atoms with Gasteiger partial charge in [0, 0.05) is 6.04 Å². The highest BCUT2D eigenvalue weighted by molar-refractivity contribution is 5.20. The Hall–Kier alpha value is -0.930. The zero-order valence-electron chi connectivity index (χ0n) is 9.50. The fraction of sp³-hybridized carbons (Fsp3) is 0.500. The zero-order valence-corrected chi connectivity index (χ0v) is 9.50. The molecule has 15 heavy (non-hydrogen) atoms. The van der Waals surface area contributed by atoms with Crippen LogP contribution in [0.4, 0.5) is 4.39 Å². The largest absolute Gasteiger partial charge is 0.271 e. The van der Waals surface area contributed by atoms with Crippen molar-refractivity contribution in [2.24, 2.45) is 17.7 Å². The van der Waals surface area contributed by atoms with E-state index in [9.17, 15) is 4.39 Å². The van der Waals surface area contributed by atoms with Gasteiger partial charge in [-0.05, 0) is 29.5 Å². The number of hydrogen-bond donors (Lipinski definition) is 2. The molecular formula is C12H19FN2. The lowest BCUT2D eigenvalue weighted by Gasteiger charge is -2.26. The van der Waals surface area contributed by atoms with Gasteiger partial charge in [-0.15, -0.1) is 0 Å². The third-order valence-corrected chi connectivity index (χ3v) is 2.99. The molecule has 0 fully saturated rings. The van der Waals surface area contributed by atoms with Gasteiger partial charge in [0.05, 0.1) is 0 Å². The Morgan fingerprint density at radius 2 is 1.67 bits per heavy atom. The van der Waals surface area contributed by atoms with E-state index >= 15 is 0 Å². The Kier molecular flexibility index (Phi) is 4.24. The number of nitrogens with one attached hydrogen (secondary N) is 1. The minimum atomic E-state index is -0.216. The molecule has 0 radical (unpaired) electrons. The van der Waals surface area contributed by atoms with E-state index in [1.807, 2.05) is 0 Å². The molecule has 1 aromatic carbocycles. The summed E-state index contributed by atoms with van der Waals surface area (Å²) in [5.41, 5.74) is 3.82. The van der Waals surface area contributed by atoms with Crippen LogP contribution in [0.25, 0.3) is 0 Å². The summed E-state index contributed by atoms with van der Waals surface area (Å²) in [6.07, 6.45) is 0. The molecule has 2 nitrogen and oxygen atoms in total. The summed E-state index contributed by atoms with van der Waals surface area (Å²) in [4.78, 5) is 0. The van der Waals surface area contributed by atoms with Crippen molar-refractivity contribution in [3.63, 3.8) is 0 Å². The Morgan fingerprint density at radius 3 is 2.07 bits per heavy atom. The summed E-state index contributed by atoms with van der Waals surface area (Å²) in [7, 11) is 0. The van der Waals surface area contributed by atoms with Gasteiger partial charge in [0.2, 0.25) is 0 Å². The lowest BCUT2D eigenvalue weighted by atomic mass is 9.86. The quantitative estimate of drug-likeness (QED) is 0.592. The maximum atomic E-state index is 12.8. The van der Waals surface area contributed by atoms with Crippen LogP contribution in [-0.4, -0.2) is 0 Å². The third-order valence-electron chi connectivity index (χ3n) is 2.99. The molecule has 2 atom stereocenters. The van der Waals surface area contributed by atoms with E-state index in [-0.39, 0.29) is 11.9 Å². The average molecular weight is 210 g/mol. The first-order valence-corrected chi connectivity index (χ1v) is 5.28. The van der Waals surface area contributed by atoms with Crippen molar-refractivity contribution in [3.8, 4) is 0 Å². The van der Waals surface area contributed by atoms with Crippen molar-refractivity contribution >= 4 is 0 Å². The Labute approximate surface area is 90.6 Å². The van der Waals surface area contributed by atoms with Gasteiger partial charge in [-0.2, -0.15) is 0 Å². The first kappa shape index (κ1) is 12.1. The van der Waals surface area contributed by atoms with Gasteiger partial charge in [0.1, 0.15) is 5.82 Å². The molecule has 0 aliphatic rings. The van der Waals surface area contributed by atoms with Crippen LogP contribution in [-0.2, 0) is 0 Å². The summed E-state index contributed by atoms with van der Waals surface area (Å²) in [5.74, 6) is 6.25. The highest BCUT2D eigenvalue weighted by atomic mass is 19.1. The summed E-state index contributed by atoms with van der Waals surface area (Å²) < 4.78 is 12.8. The normalized spacial score (nSPS) is 15.3. The lowest BCUT2D eigenvalue weighted by Crippen LogP contribution is -2.34. The van der Waals surface area contributed by atoms with Gasteiger partial charge in [0.15, 0.2) is 0 Å². The predicted molar refractivity (Wildman–Crippen MR) is 60.5 cm³/mol. The van der Waals surface area contributed by atoms with Gasteiger partial charge in [-0.1, -0.05) is 32.9 Å². The number of nitrogens with two attached hydrogens (primary N) is 1. The number of halogens is 1. The minimum absolute atomic E-state index is 0.0746. The molecule has 0 aromatic heterocycles. The van der Waals surface area contributed by atoms with Crippen molar-refractivity contribution in [1.29, 1.82) is 0 Å². The Balaban J connectivity index is 2.87. The summed E-state index contributed by atoms with van der Waals surface area (Å²) >= 11 is 0. The summed E-state index contributed by atoms with van der Waals surface area (Å²) in [6, 6.07) is 6.56. The van der Waals surface area contributed by atoms with Crippen molar-refractivity contribution in [3.05, 3.63) is 35.6 Å². The zero-order chi connectivity index (χ0) is 11.4. The molecule has 0 amide bonds. The van der Waals surface area contributed by atoms with Crippen LogP contribution in [0.1, 0.15) is 32.4 Å². The maximum Gasteiger partial charge on any atom is 0.123 e. The van der Waals surface area contributed by atoms with Crippen molar-refractivity contribution in [1.82, 2.24) is 5.43 Å². The smallest absolute Gasteiger partial charge is 0.123 e. The van der Waals surface area contributed by atoms with Crippen LogP contribution < -0.4 is 11.3 Å². The molecule has 0 aliphatic carbocycles. The second kappa shape index (κ2) is 5.24. The van der Waals surface area contributed by atoms with E-state index in [0.717, 1.165) is 5.56 Å². The van der Waals surface area contributed by atoms with E-state index in [1.165, 1.54) is 12.1 Å². The molecule has 0 saturated heterocycles. The second-order valence-corrected chi connectivity index (χ2v) is 4.30. The predicted octanol–water partition coefficient (Wildman–Crippen LogP) is 2.62. The molecule has 1 aromatic rings. The molecule has 0 bridgehead atoms. The highest BCUT2D eigenvalue weighted by Crippen LogP contribution is 2.26. The molecule has 1 rings (SSSR count). The molecule has 2 unspecified atom stereocenters. The van der Waals surface area contributed by atoms with E-state index in [0.29, 0.717) is 11.8 Å². The average Bonchev–Trinajstić information content (AvgIpc) is 2.21. The van der Waals surface area contributed by atoms with Gasteiger partial charge in [0.25, 0.3) is 0 Å². The van der Waals surface area contributed by atoms with Gasteiger partial charge in [-0.3, -0.25) is 11.3 Å². The maximum absolute atomic E-state index is 12.8. The first-order valence-electron chi connectivity index (χ1n) is 5.28. The van der Waals surface area contributed by atoms with Crippen LogP contribution in [0.3, 0.4) is 0 Å². The third kappa shape index (κ3) is 3.01. The number of rotatable bonds is 4.